The van der Waals surface area contributed by atoms with E-state index >= 15 is 0 Å². The SMILES string of the molecule is CN=C(NCCNC(=O)c1ccccc1F)N1CCN(c2cc(F)ccc2F)CC1.I. The molecule has 0 saturated carbocycles. The number of nitrogens with zero attached hydrogens (tertiary/aromatic N) is 3. The first-order chi connectivity index (χ1) is 14.5. The van der Waals surface area contributed by atoms with Crippen LogP contribution in [0.5, 0.6) is 0 Å². The number of hydrogen-bond donors (Lipinski definition) is 2. The molecule has 168 valence electrons. The second-order valence-electron chi connectivity index (χ2n) is 6.78. The van der Waals surface area contributed by atoms with Crippen LogP contribution in [0.2, 0.25) is 0 Å². The van der Waals surface area contributed by atoms with E-state index in [0.717, 1.165) is 12.1 Å². The van der Waals surface area contributed by atoms with Gasteiger partial charge in [0, 0.05) is 52.4 Å². The fraction of sp³-hybridized carbons (Fsp3) is 0.333. The molecule has 1 saturated heterocycles. The average Bonchev–Trinajstić information content (AvgIpc) is 2.76. The van der Waals surface area contributed by atoms with Gasteiger partial charge in [-0.3, -0.25) is 9.79 Å². The summed E-state index contributed by atoms with van der Waals surface area (Å²) in [7, 11) is 1.65. The Bertz CT molecular complexity index is 920. The average molecular weight is 547 g/mol. The minimum atomic E-state index is -0.564. The molecule has 0 unspecified atom stereocenters. The number of anilines is 1. The summed E-state index contributed by atoms with van der Waals surface area (Å²) in [6, 6.07) is 9.24. The van der Waals surface area contributed by atoms with Gasteiger partial charge in [0.05, 0.1) is 11.3 Å². The van der Waals surface area contributed by atoms with Gasteiger partial charge in [-0.25, -0.2) is 13.2 Å². The van der Waals surface area contributed by atoms with Gasteiger partial charge in [0.15, 0.2) is 5.96 Å². The van der Waals surface area contributed by atoms with Crippen molar-refractivity contribution in [2.75, 3.05) is 51.2 Å². The van der Waals surface area contributed by atoms with E-state index in [-0.39, 0.29) is 35.2 Å². The van der Waals surface area contributed by atoms with E-state index in [4.69, 9.17) is 0 Å². The third-order valence-corrected chi connectivity index (χ3v) is 4.85. The predicted octanol–water partition coefficient (Wildman–Crippen LogP) is 2.85. The minimum Gasteiger partial charge on any atom is -0.366 e. The molecule has 2 aromatic carbocycles. The van der Waals surface area contributed by atoms with Crippen LogP contribution in [-0.4, -0.2) is 63.1 Å². The number of aliphatic imine (C=N–C) groups is 1. The molecule has 0 spiro atoms. The summed E-state index contributed by atoms with van der Waals surface area (Å²) in [5, 5.41) is 5.81. The number of rotatable bonds is 5. The van der Waals surface area contributed by atoms with Gasteiger partial charge < -0.3 is 20.4 Å². The van der Waals surface area contributed by atoms with E-state index < -0.39 is 23.4 Å². The van der Waals surface area contributed by atoms with Crippen molar-refractivity contribution in [3.63, 3.8) is 0 Å². The standard InChI is InChI=1S/C21H24F3N5O.HI/c1-25-21(27-9-8-26-20(30)16-4-2-3-5-17(16)23)29-12-10-28(11-13-29)19-14-15(22)6-7-18(19)24;/h2-7,14H,8-13H2,1H3,(H,25,27)(H,26,30);1H. The molecule has 31 heavy (non-hydrogen) atoms. The van der Waals surface area contributed by atoms with E-state index in [9.17, 15) is 18.0 Å². The van der Waals surface area contributed by atoms with Gasteiger partial charge in [-0.05, 0) is 24.3 Å². The summed E-state index contributed by atoms with van der Waals surface area (Å²) in [5.74, 6) is -1.31. The first-order valence-electron chi connectivity index (χ1n) is 9.68. The Hall–Kier alpha value is -2.50. The Balaban J connectivity index is 0.00000341. The summed E-state index contributed by atoms with van der Waals surface area (Å²) >= 11 is 0. The smallest absolute Gasteiger partial charge is 0.254 e. The molecular weight excluding hydrogens is 522 g/mol. The molecule has 1 aliphatic rings. The third kappa shape index (κ3) is 6.49. The summed E-state index contributed by atoms with van der Waals surface area (Å²) in [4.78, 5) is 20.1. The van der Waals surface area contributed by atoms with Crippen molar-refractivity contribution in [2.45, 2.75) is 0 Å². The van der Waals surface area contributed by atoms with Crippen molar-refractivity contribution < 1.29 is 18.0 Å². The maximum atomic E-state index is 14.0. The number of piperazine rings is 1. The lowest BCUT2D eigenvalue weighted by Gasteiger charge is -2.37. The molecule has 10 heteroatoms. The highest BCUT2D eigenvalue weighted by Gasteiger charge is 2.22. The highest BCUT2D eigenvalue weighted by Crippen LogP contribution is 2.21. The van der Waals surface area contributed by atoms with Crippen molar-refractivity contribution in [1.82, 2.24) is 15.5 Å². The number of benzene rings is 2. The second-order valence-corrected chi connectivity index (χ2v) is 6.78. The molecule has 1 heterocycles. The lowest BCUT2D eigenvalue weighted by molar-refractivity contribution is 0.0950. The Morgan fingerprint density at radius 2 is 1.65 bits per heavy atom. The second kappa shape index (κ2) is 11.8. The monoisotopic (exact) mass is 547 g/mol. The largest absolute Gasteiger partial charge is 0.366 e. The molecule has 3 rings (SSSR count). The number of carbonyl (C=O) groups is 1. The van der Waals surface area contributed by atoms with Crippen molar-refractivity contribution in [1.29, 1.82) is 0 Å². The Morgan fingerprint density at radius 1 is 0.968 bits per heavy atom. The number of hydrogen-bond acceptors (Lipinski definition) is 3. The minimum absolute atomic E-state index is 0. The normalized spacial score (nSPS) is 14.1. The van der Waals surface area contributed by atoms with Gasteiger partial charge in [0.2, 0.25) is 0 Å². The molecule has 0 aliphatic carbocycles. The Labute approximate surface area is 196 Å². The molecule has 6 nitrogen and oxygen atoms in total. The summed E-state index contributed by atoms with van der Waals surface area (Å²) in [5.41, 5.74) is 0.260. The van der Waals surface area contributed by atoms with Crippen LogP contribution in [0.4, 0.5) is 18.9 Å². The molecule has 1 amide bonds. The number of guanidine groups is 1. The summed E-state index contributed by atoms with van der Waals surface area (Å²) < 4.78 is 41.0. The van der Waals surface area contributed by atoms with Crippen LogP contribution in [0.15, 0.2) is 47.5 Å². The van der Waals surface area contributed by atoms with Crippen LogP contribution < -0.4 is 15.5 Å². The van der Waals surface area contributed by atoms with Gasteiger partial charge in [-0.1, -0.05) is 12.1 Å². The van der Waals surface area contributed by atoms with E-state index in [1.54, 1.807) is 18.0 Å². The Kier molecular flexibility index (Phi) is 9.41. The number of amides is 1. The molecule has 1 fully saturated rings. The zero-order valence-electron chi connectivity index (χ0n) is 17.1. The van der Waals surface area contributed by atoms with Crippen LogP contribution in [0.25, 0.3) is 0 Å². The van der Waals surface area contributed by atoms with Crippen LogP contribution >= 0.6 is 24.0 Å². The highest BCUT2D eigenvalue weighted by atomic mass is 127. The predicted molar refractivity (Wildman–Crippen MR) is 126 cm³/mol. The van der Waals surface area contributed by atoms with Crippen LogP contribution in [0.1, 0.15) is 10.4 Å². The topological polar surface area (TPSA) is 60.0 Å². The first-order valence-corrected chi connectivity index (χ1v) is 9.68. The highest BCUT2D eigenvalue weighted by molar-refractivity contribution is 14.0. The molecule has 2 aromatic rings. The molecule has 1 aliphatic heterocycles. The van der Waals surface area contributed by atoms with E-state index in [2.05, 4.69) is 15.6 Å². The van der Waals surface area contributed by atoms with Crippen molar-refractivity contribution in [3.8, 4) is 0 Å². The van der Waals surface area contributed by atoms with Gasteiger partial charge in [-0.2, -0.15) is 0 Å². The summed E-state index contributed by atoms with van der Waals surface area (Å²) in [6.07, 6.45) is 0. The third-order valence-electron chi connectivity index (χ3n) is 4.85. The molecule has 0 radical (unpaired) electrons. The van der Waals surface area contributed by atoms with E-state index in [1.807, 2.05) is 4.90 Å². The quantitative estimate of drug-likeness (QED) is 0.262. The van der Waals surface area contributed by atoms with Gasteiger partial charge in [0.25, 0.3) is 5.91 Å². The van der Waals surface area contributed by atoms with Crippen LogP contribution in [0.3, 0.4) is 0 Å². The van der Waals surface area contributed by atoms with Gasteiger partial charge in [-0.15, -0.1) is 24.0 Å². The number of carbonyl (C=O) groups excluding carboxylic acids is 1. The maximum absolute atomic E-state index is 14.0. The van der Waals surface area contributed by atoms with Crippen LogP contribution in [0, 0.1) is 17.5 Å². The zero-order chi connectivity index (χ0) is 21.5. The maximum Gasteiger partial charge on any atom is 0.254 e. The molecule has 0 bridgehead atoms. The number of nitrogens with one attached hydrogen (secondary N) is 2. The lowest BCUT2D eigenvalue weighted by atomic mass is 10.2. The van der Waals surface area contributed by atoms with Gasteiger partial charge >= 0.3 is 0 Å². The number of halogens is 4. The fourth-order valence-electron chi connectivity index (χ4n) is 3.31. The molecule has 0 aromatic heterocycles. The van der Waals surface area contributed by atoms with E-state index in [1.165, 1.54) is 24.3 Å². The van der Waals surface area contributed by atoms with Crippen molar-refractivity contribution >= 4 is 41.5 Å². The van der Waals surface area contributed by atoms with Crippen LogP contribution in [-0.2, 0) is 0 Å². The Morgan fingerprint density at radius 3 is 2.32 bits per heavy atom. The first kappa shape index (κ1) is 24.8. The van der Waals surface area contributed by atoms with Gasteiger partial charge in [0.1, 0.15) is 17.5 Å². The van der Waals surface area contributed by atoms with Crippen molar-refractivity contribution in [2.24, 2.45) is 4.99 Å². The summed E-state index contributed by atoms with van der Waals surface area (Å²) in [6.45, 7) is 2.90. The van der Waals surface area contributed by atoms with Crippen molar-refractivity contribution in [3.05, 3.63) is 65.5 Å². The molecule has 0 atom stereocenters. The molecular formula is C21H25F3IN5O. The van der Waals surface area contributed by atoms with E-state index in [0.29, 0.717) is 45.2 Å². The zero-order valence-corrected chi connectivity index (χ0v) is 19.4. The fourth-order valence-corrected chi connectivity index (χ4v) is 3.31. The molecule has 2 N–H and O–H groups in total. The lowest BCUT2D eigenvalue weighted by Crippen LogP contribution is -2.53.